The van der Waals surface area contributed by atoms with Crippen molar-refractivity contribution in [3.05, 3.63) is 53.3 Å². The molecule has 0 saturated carbocycles. The van der Waals surface area contributed by atoms with Crippen LogP contribution in [0.5, 0.6) is 5.75 Å². The predicted octanol–water partition coefficient (Wildman–Crippen LogP) is 0.596. The van der Waals surface area contributed by atoms with Crippen molar-refractivity contribution >= 4 is 27.7 Å². The molecule has 0 saturated heterocycles. The van der Waals surface area contributed by atoms with Gasteiger partial charge in [-0.1, -0.05) is 6.07 Å². The number of carbonyl (C=O) groups excluding carboxylic acids is 2. The van der Waals surface area contributed by atoms with Crippen LogP contribution in [0.3, 0.4) is 0 Å². The summed E-state index contributed by atoms with van der Waals surface area (Å²) in [7, 11) is -0.877. The standard InChI is InChI=1S/C18H19N3O6S/c1-26-15-6-5-12(10-14(15)18(23)27-2)11-19-17(22)13-4-3-7-21-8-9-28(24,25)20-16(13)21/h3-7,10H,8-9,11H2,1-2H3,(H,19,22). The molecule has 1 aromatic carbocycles. The van der Waals surface area contributed by atoms with E-state index in [2.05, 4.69) is 9.71 Å². The first kappa shape index (κ1) is 19.6. The smallest absolute Gasteiger partial charge is 0.341 e. The van der Waals surface area contributed by atoms with Gasteiger partial charge in [0.05, 0.1) is 25.5 Å². The van der Waals surface area contributed by atoms with Crippen LogP contribution in [-0.4, -0.2) is 57.5 Å². The number of nitrogens with zero attached hydrogens (tertiary/aromatic N) is 2. The Bertz CT molecular complexity index is 1010. The molecule has 9 nitrogen and oxygen atoms in total. The zero-order valence-electron chi connectivity index (χ0n) is 15.3. The number of hydrogen-bond donors (Lipinski definition) is 1. The second-order valence-corrected chi connectivity index (χ2v) is 7.78. The number of ether oxygens (including phenoxy) is 2. The maximum atomic E-state index is 12.6. The number of carbonyl (C=O) groups is 2. The Morgan fingerprint density at radius 2 is 2.07 bits per heavy atom. The fraction of sp³-hybridized carbons (Fsp3) is 0.278. The lowest BCUT2D eigenvalue weighted by atomic mass is 10.1. The van der Waals surface area contributed by atoms with Gasteiger partial charge < -0.3 is 19.7 Å². The van der Waals surface area contributed by atoms with Gasteiger partial charge in [-0.3, -0.25) is 4.79 Å². The molecule has 0 bridgehead atoms. The summed E-state index contributed by atoms with van der Waals surface area (Å²) < 4.78 is 37.2. The highest BCUT2D eigenvalue weighted by atomic mass is 32.2. The maximum absolute atomic E-state index is 12.6. The summed E-state index contributed by atoms with van der Waals surface area (Å²) in [6.45, 7) is 0.358. The monoisotopic (exact) mass is 405 g/mol. The number of esters is 1. The molecule has 0 atom stereocenters. The third-order valence-corrected chi connectivity index (χ3v) is 5.37. The number of hydrogen-bond acceptors (Lipinski definition) is 7. The Morgan fingerprint density at radius 1 is 1.29 bits per heavy atom. The molecule has 28 heavy (non-hydrogen) atoms. The van der Waals surface area contributed by atoms with Crippen molar-refractivity contribution in [2.24, 2.45) is 4.40 Å². The number of amidine groups is 1. The highest BCUT2D eigenvalue weighted by Crippen LogP contribution is 2.21. The highest BCUT2D eigenvalue weighted by molar-refractivity contribution is 7.90. The van der Waals surface area contributed by atoms with Crippen molar-refractivity contribution in [2.45, 2.75) is 6.54 Å². The molecule has 1 amide bonds. The molecule has 2 aliphatic rings. The van der Waals surface area contributed by atoms with Gasteiger partial charge in [-0.15, -0.1) is 4.40 Å². The zero-order chi connectivity index (χ0) is 20.3. The molecular formula is C18H19N3O6S. The van der Waals surface area contributed by atoms with Gasteiger partial charge in [-0.25, -0.2) is 13.2 Å². The average Bonchev–Trinajstić information content (AvgIpc) is 2.70. The summed E-state index contributed by atoms with van der Waals surface area (Å²) in [5, 5.41) is 2.71. The lowest BCUT2D eigenvalue weighted by molar-refractivity contribution is -0.117. The number of allylic oxidation sites excluding steroid dienone is 2. The number of sulfonamides is 1. The largest absolute Gasteiger partial charge is 0.496 e. The normalized spacial score (nSPS) is 17.1. The lowest BCUT2D eigenvalue weighted by Crippen LogP contribution is -2.42. The van der Waals surface area contributed by atoms with Crippen LogP contribution in [0.2, 0.25) is 0 Å². The molecule has 0 aliphatic carbocycles. The van der Waals surface area contributed by atoms with E-state index in [4.69, 9.17) is 9.47 Å². The average molecular weight is 405 g/mol. The lowest BCUT2D eigenvalue weighted by Gasteiger charge is -2.28. The van der Waals surface area contributed by atoms with Crippen molar-refractivity contribution in [3.8, 4) is 5.75 Å². The van der Waals surface area contributed by atoms with Gasteiger partial charge in [-0.2, -0.15) is 0 Å². The van der Waals surface area contributed by atoms with E-state index in [9.17, 15) is 18.0 Å². The van der Waals surface area contributed by atoms with Crippen LogP contribution in [0.1, 0.15) is 15.9 Å². The fourth-order valence-corrected chi connectivity index (χ4v) is 3.79. The molecule has 0 radical (unpaired) electrons. The van der Waals surface area contributed by atoms with Crippen molar-refractivity contribution < 1.29 is 27.5 Å². The van der Waals surface area contributed by atoms with Crippen LogP contribution in [0, 0.1) is 0 Å². The van der Waals surface area contributed by atoms with Gasteiger partial charge in [0.2, 0.25) is 0 Å². The second-order valence-electron chi connectivity index (χ2n) is 6.03. The van der Waals surface area contributed by atoms with Crippen LogP contribution in [-0.2, 0) is 26.1 Å². The van der Waals surface area contributed by atoms with E-state index in [1.807, 2.05) is 0 Å². The molecule has 2 aliphatic heterocycles. The summed E-state index contributed by atoms with van der Waals surface area (Å²) in [5.74, 6) is -0.656. The van der Waals surface area contributed by atoms with Crippen LogP contribution < -0.4 is 10.1 Å². The summed E-state index contributed by atoms with van der Waals surface area (Å²) in [5.41, 5.74) is 1.05. The molecule has 0 fully saturated rings. The molecule has 0 spiro atoms. The van der Waals surface area contributed by atoms with E-state index >= 15 is 0 Å². The van der Waals surface area contributed by atoms with Gasteiger partial charge in [0.25, 0.3) is 15.9 Å². The Hall–Kier alpha value is -3.14. The van der Waals surface area contributed by atoms with Gasteiger partial charge in [0.1, 0.15) is 11.3 Å². The molecule has 3 rings (SSSR count). The van der Waals surface area contributed by atoms with Crippen LogP contribution in [0.25, 0.3) is 0 Å². The first-order valence-corrected chi connectivity index (χ1v) is 9.97. The quantitative estimate of drug-likeness (QED) is 0.713. The molecule has 2 heterocycles. The third-order valence-electron chi connectivity index (χ3n) is 4.22. The van der Waals surface area contributed by atoms with Crippen molar-refractivity contribution in [2.75, 3.05) is 26.5 Å². The van der Waals surface area contributed by atoms with Gasteiger partial charge in [0.15, 0.2) is 5.84 Å². The second kappa shape index (κ2) is 7.85. The van der Waals surface area contributed by atoms with E-state index in [1.165, 1.54) is 20.3 Å². The number of methoxy groups -OCH3 is 2. The number of rotatable bonds is 5. The highest BCUT2D eigenvalue weighted by Gasteiger charge is 2.29. The minimum Gasteiger partial charge on any atom is -0.496 e. The van der Waals surface area contributed by atoms with E-state index in [0.717, 1.165) is 0 Å². The molecular weight excluding hydrogens is 386 g/mol. The first-order valence-electron chi connectivity index (χ1n) is 8.36. The maximum Gasteiger partial charge on any atom is 0.341 e. The van der Waals surface area contributed by atoms with Crippen LogP contribution in [0.15, 0.2) is 46.5 Å². The van der Waals surface area contributed by atoms with Crippen molar-refractivity contribution in [1.82, 2.24) is 10.2 Å². The van der Waals surface area contributed by atoms with E-state index < -0.39 is 21.9 Å². The number of nitrogens with one attached hydrogen (secondary N) is 1. The Morgan fingerprint density at radius 3 is 2.79 bits per heavy atom. The molecule has 1 aromatic rings. The summed E-state index contributed by atoms with van der Waals surface area (Å²) in [6, 6.07) is 4.88. The number of benzene rings is 1. The van der Waals surface area contributed by atoms with E-state index in [1.54, 1.807) is 35.4 Å². The van der Waals surface area contributed by atoms with E-state index in [-0.39, 0.29) is 35.8 Å². The third kappa shape index (κ3) is 4.06. The molecule has 10 heteroatoms. The zero-order valence-corrected chi connectivity index (χ0v) is 16.2. The molecule has 0 aromatic heterocycles. The fourth-order valence-electron chi connectivity index (χ4n) is 2.81. The van der Waals surface area contributed by atoms with Crippen molar-refractivity contribution in [3.63, 3.8) is 0 Å². The predicted molar refractivity (Wildman–Crippen MR) is 101 cm³/mol. The molecule has 148 valence electrons. The van der Waals surface area contributed by atoms with E-state index in [0.29, 0.717) is 11.3 Å². The Kier molecular flexibility index (Phi) is 5.50. The van der Waals surface area contributed by atoms with Gasteiger partial charge >= 0.3 is 5.97 Å². The topological polar surface area (TPSA) is 114 Å². The number of fused-ring (bicyclic) bond motifs is 1. The Labute approximate surface area is 162 Å². The molecule has 1 N–H and O–H groups in total. The van der Waals surface area contributed by atoms with Crippen LogP contribution >= 0.6 is 0 Å². The van der Waals surface area contributed by atoms with Crippen LogP contribution in [0.4, 0.5) is 0 Å². The first-order chi connectivity index (χ1) is 13.3. The van der Waals surface area contributed by atoms with Gasteiger partial charge in [0, 0.05) is 19.3 Å². The summed E-state index contributed by atoms with van der Waals surface area (Å²) in [4.78, 5) is 26.1. The SMILES string of the molecule is COC(=O)c1cc(CNC(=O)C2=CC=CN3CCS(=O)(=O)N=C23)ccc1OC. The summed E-state index contributed by atoms with van der Waals surface area (Å²) in [6.07, 6.45) is 4.85. The van der Waals surface area contributed by atoms with Gasteiger partial charge in [-0.05, 0) is 29.8 Å². The number of amides is 1. The van der Waals surface area contributed by atoms with Crippen molar-refractivity contribution in [1.29, 1.82) is 0 Å². The molecule has 0 unspecified atom stereocenters. The summed E-state index contributed by atoms with van der Waals surface area (Å²) >= 11 is 0. The minimum atomic E-state index is -3.59. The Balaban J connectivity index is 1.77. The minimum absolute atomic E-state index is 0.0993.